The lowest BCUT2D eigenvalue weighted by atomic mass is 10.00. The highest BCUT2D eigenvalue weighted by Crippen LogP contribution is 2.41. The van der Waals surface area contributed by atoms with Crippen molar-refractivity contribution < 1.29 is 26.0 Å². The topological polar surface area (TPSA) is 43.6 Å². The van der Waals surface area contributed by atoms with E-state index in [4.69, 9.17) is 30.0 Å². The highest BCUT2D eigenvalue weighted by atomic mass is 32.1. The van der Waals surface area contributed by atoms with Crippen LogP contribution in [0.4, 0.5) is 0 Å². The summed E-state index contributed by atoms with van der Waals surface area (Å²) in [7, 11) is 0. The number of hydrogen-bond acceptors (Lipinski definition) is 4. The fourth-order valence-corrected chi connectivity index (χ4v) is 8.51. The van der Waals surface area contributed by atoms with Crippen LogP contribution in [0, 0.1) is 0 Å². The third-order valence-corrected chi connectivity index (χ3v) is 11.5. The molecule has 0 aliphatic carbocycles. The highest BCUT2D eigenvalue weighted by Gasteiger charge is 2.21. The Hall–Kier alpha value is -7.99. The van der Waals surface area contributed by atoms with E-state index >= 15 is 0 Å². The number of nitrogens with zero attached hydrogens (tertiary/aromatic N) is 4. The van der Waals surface area contributed by atoms with Crippen molar-refractivity contribution >= 4 is 53.3 Å². The van der Waals surface area contributed by atoms with Gasteiger partial charge in [-0.15, -0.1) is 11.3 Å². The lowest BCUT2D eigenvalue weighted by molar-refractivity contribution is 1.06. The second kappa shape index (κ2) is 14.9. The minimum atomic E-state index is -0.791. The molecule has 3 heterocycles. The summed E-state index contributed by atoms with van der Waals surface area (Å²) in [6.45, 7) is 0. The average Bonchev–Trinajstić information content (AvgIpc) is 2.30. The fraction of sp³-hybridized carbons (Fsp3) is 0. The van der Waals surface area contributed by atoms with Crippen molar-refractivity contribution in [3.63, 3.8) is 0 Å². The first kappa shape index (κ1) is 21.5. The predicted molar refractivity (Wildman–Crippen MR) is 260 cm³/mol. The third-order valence-electron chi connectivity index (χ3n) is 10.5. The van der Waals surface area contributed by atoms with Gasteiger partial charge in [-0.25, -0.2) is 15.0 Å². The van der Waals surface area contributed by atoms with E-state index in [0.717, 1.165) is 22.5 Å². The summed E-state index contributed by atoms with van der Waals surface area (Å²) in [6.07, 6.45) is 0. The predicted octanol–water partition coefficient (Wildman–Crippen LogP) is 15.3. The molecule has 0 saturated carbocycles. The van der Waals surface area contributed by atoms with Crippen LogP contribution in [-0.2, 0) is 0 Å². The van der Waals surface area contributed by atoms with Crippen LogP contribution in [0.15, 0.2) is 218 Å². The fourth-order valence-electron chi connectivity index (χ4n) is 7.54. The standard InChI is InChI=1S/C57H36N4S/c1-4-14-37(15-5-1)39-24-26-41(27-25-39)56-58-55(40-18-8-3-9-19-40)59-57(60-56)48-32-29-43(44-28-31-47-46-21-11-13-23-53(46)62-54(47)36-44)35-52(48)61-50-22-12-10-20-45(50)49-34-42(30-33-51(49)61)38-16-6-2-7-17-38/h1-36H/i2D,6D,7D,10D,11D,12D,13D,16D,17D,20D,21D,22D,23D,28D,30D,31D,33D,34D,36D. The molecule has 0 aliphatic rings. The molecular weight excluding hydrogens is 773 g/mol. The number of benzene rings is 9. The van der Waals surface area contributed by atoms with E-state index in [2.05, 4.69) is 0 Å². The lowest BCUT2D eigenvalue weighted by Gasteiger charge is -2.17. The molecule has 9 aromatic carbocycles. The molecule has 0 N–H and O–H groups in total. The Morgan fingerprint density at radius 2 is 0.935 bits per heavy atom. The lowest BCUT2D eigenvalue weighted by Crippen LogP contribution is -2.04. The maximum Gasteiger partial charge on any atom is 0.166 e. The minimum absolute atomic E-state index is 0.0204. The summed E-state index contributed by atoms with van der Waals surface area (Å²) in [6, 6.07) is 18.5. The summed E-state index contributed by atoms with van der Waals surface area (Å²) in [4.78, 5) is 15.0. The largest absolute Gasteiger partial charge is 0.308 e. The van der Waals surface area contributed by atoms with Crippen molar-refractivity contribution in [2.45, 2.75) is 0 Å². The highest BCUT2D eigenvalue weighted by molar-refractivity contribution is 7.25. The van der Waals surface area contributed by atoms with E-state index < -0.39 is 114 Å². The van der Waals surface area contributed by atoms with Gasteiger partial charge in [-0.1, -0.05) is 176 Å². The van der Waals surface area contributed by atoms with Crippen LogP contribution in [0.5, 0.6) is 0 Å². The van der Waals surface area contributed by atoms with E-state index in [9.17, 15) is 11.0 Å². The van der Waals surface area contributed by atoms with Crippen LogP contribution in [0.2, 0.25) is 0 Å². The molecule has 0 atom stereocenters. The number of aromatic nitrogens is 4. The van der Waals surface area contributed by atoms with Crippen LogP contribution in [0.3, 0.4) is 0 Å². The molecule has 0 saturated heterocycles. The summed E-state index contributed by atoms with van der Waals surface area (Å²) < 4.78 is 173. The molecule has 3 aromatic heterocycles. The van der Waals surface area contributed by atoms with Crippen molar-refractivity contribution in [3.05, 3.63) is 218 Å². The zero-order chi connectivity index (χ0) is 57.5. The molecule has 4 nitrogen and oxygen atoms in total. The molecule has 0 amide bonds. The van der Waals surface area contributed by atoms with E-state index in [-0.39, 0.29) is 93.9 Å². The Morgan fingerprint density at radius 3 is 1.73 bits per heavy atom. The number of fused-ring (bicyclic) bond motifs is 6. The van der Waals surface area contributed by atoms with Gasteiger partial charge in [-0.3, -0.25) is 0 Å². The van der Waals surface area contributed by atoms with E-state index in [1.165, 1.54) is 22.8 Å². The number of rotatable bonds is 7. The Morgan fingerprint density at radius 1 is 0.371 bits per heavy atom. The molecule has 0 fully saturated rings. The van der Waals surface area contributed by atoms with Gasteiger partial charge >= 0.3 is 0 Å². The number of thiophene rings is 1. The van der Waals surface area contributed by atoms with Gasteiger partial charge in [0.15, 0.2) is 17.5 Å². The van der Waals surface area contributed by atoms with Crippen molar-refractivity contribution in [3.8, 4) is 73.2 Å². The SMILES string of the molecule is [2H]c1c([2H])c([2H])c(-c2c([2H])c([2H])c3c(c2[2H])c2c([2H])c([2H])c([2H])c([2H])c2n3-c2cc(-c3c([2H])c([2H])c4c(sc5c([2H])c([2H])c([2H])c([2H])c54)c3[2H])ccc2-c2nc(-c3ccccc3)nc(-c3ccc(-c4ccccc4)cc3)n2)c([2H])c1[2H]. The van der Waals surface area contributed by atoms with Gasteiger partial charge in [-0.05, 0) is 75.7 Å². The van der Waals surface area contributed by atoms with Crippen LogP contribution in [0.1, 0.15) is 26.0 Å². The van der Waals surface area contributed by atoms with Gasteiger partial charge < -0.3 is 4.57 Å². The zero-order valence-corrected chi connectivity index (χ0v) is 32.8. The van der Waals surface area contributed by atoms with Crippen LogP contribution >= 0.6 is 11.3 Å². The van der Waals surface area contributed by atoms with E-state index in [1.807, 2.05) is 60.7 Å². The summed E-state index contributed by atoms with van der Waals surface area (Å²) in [5.41, 5.74) is 1.07. The monoisotopic (exact) mass is 827 g/mol. The van der Waals surface area contributed by atoms with Gasteiger partial charge in [0.25, 0.3) is 0 Å². The molecular formula is C57H36N4S. The van der Waals surface area contributed by atoms with Crippen molar-refractivity contribution in [1.29, 1.82) is 0 Å². The quantitative estimate of drug-likeness (QED) is 0.161. The first-order chi connectivity index (χ1) is 38.6. The Labute approximate surface area is 389 Å². The Bertz CT molecular complexity index is 4710. The van der Waals surface area contributed by atoms with Crippen LogP contribution in [-0.4, -0.2) is 19.5 Å². The summed E-state index contributed by atoms with van der Waals surface area (Å²) in [5.74, 6) is 0.344. The zero-order valence-electron chi connectivity index (χ0n) is 51.0. The van der Waals surface area contributed by atoms with Gasteiger partial charge in [0, 0.05) is 47.6 Å². The number of hydrogen-bond donors (Lipinski definition) is 0. The first-order valence-electron chi connectivity index (χ1n) is 28.8. The molecule has 0 spiro atoms. The van der Waals surface area contributed by atoms with E-state index in [0.29, 0.717) is 11.1 Å². The molecule has 0 bridgehead atoms. The average molecular weight is 828 g/mol. The summed E-state index contributed by atoms with van der Waals surface area (Å²) in [5, 5.41) is -0.730. The van der Waals surface area contributed by atoms with Crippen molar-refractivity contribution in [2.24, 2.45) is 0 Å². The van der Waals surface area contributed by atoms with Gasteiger partial charge in [0.1, 0.15) is 0 Å². The molecule has 62 heavy (non-hydrogen) atoms. The van der Waals surface area contributed by atoms with Crippen LogP contribution in [0.25, 0.3) is 115 Å². The van der Waals surface area contributed by atoms with Crippen LogP contribution < -0.4 is 0 Å². The molecule has 12 aromatic rings. The maximum absolute atomic E-state index is 9.86. The number of para-hydroxylation sites is 1. The Balaban J connectivity index is 1.23. The molecule has 0 aliphatic heterocycles. The van der Waals surface area contributed by atoms with Crippen molar-refractivity contribution in [1.82, 2.24) is 19.5 Å². The van der Waals surface area contributed by atoms with Crippen molar-refractivity contribution in [2.75, 3.05) is 0 Å². The molecule has 290 valence electrons. The normalized spacial score (nSPS) is 15.8. The van der Waals surface area contributed by atoms with Gasteiger partial charge in [-0.2, -0.15) is 0 Å². The Kier molecular flexibility index (Phi) is 5.18. The van der Waals surface area contributed by atoms with Gasteiger partial charge in [0.05, 0.1) is 42.8 Å². The third kappa shape index (κ3) is 6.26. The molecule has 0 radical (unpaired) electrons. The second-order valence-electron chi connectivity index (χ2n) is 14.1. The second-order valence-corrected chi connectivity index (χ2v) is 15.2. The molecule has 5 heteroatoms. The first-order valence-corrected chi connectivity index (χ1v) is 20.1. The molecule has 0 unspecified atom stereocenters. The maximum atomic E-state index is 9.86. The van der Waals surface area contributed by atoms with Gasteiger partial charge in [0.2, 0.25) is 0 Å². The van der Waals surface area contributed by atoms with E-state index in [1.54, 1.807) is 24.3 Å². The molecule has 12 rings (SSSR count). The smallest absolute Gasteiger partial charge is 0.166 e. The minimum Gasteiger partial charge on any atom is -0.308 e. The summed E-state index contributed by atoms with van der Waals surface area (Å²) >= 11 is 0.858.